The monoisotopic (exact) mass is 246 g/mol. The minimum Gasteiger partial charge on any atom is -0.323 e. The van der Waals surface area contributed by atoms with Gasteiger partial charge < -0.3 is 4.90 Å². The van der Waals surface area contributed by atoms with Gasteiger partial charge in [-0.1, -0.05) is 24.3 Å². The van der Waals surface area contributed by atoms with Gasteiger partial charge in [-0.3, -0.25) is 0 Å². The number of rotatable bonds is 0. The lowest BCUT2D eigenvalue weighted by Crippen LogP contribution is -2.28. The van der Waals surface area contributed by atoms with Crippen LogP contribution in [0.2, 0.25) is 0 Å². The zero-order chi connectivity index (χ0) is 12.8. The Kier molecular flexibility index (Phi) is 1.98. The van der Waals surface area contributed by atoms with Crippen molar-refractivity contribution in [2.45, 2.75) is 12.0 Å². The molecule has 0 aliphatic carbocycles. The smallest absolute Gasteiger partial charge is 0.157 e. The fourth-order valence-corrected chi connectivity index (χ4v) is 2.70. The molecule has 90 valence electrons. The van der Waals surface area contributed by atoms with E-state index < -0.39 is 0 Å². The van der Waals surface area contributed by atoms with Gasteiger partial charge in [0.2, 0.25) is 0 Å². The van der Waals surface area contributed by atoms with Gasteiger partial charge in [-0.2, -0.15) is 5.26 Å². The molecule has 1 aromatic carbocycles. The van der Waals surface area contributed by atoms with E-state index in [-0.39, 0.29) is 12.0 Å². The number of benzene rings is 1. The third-order valence-electron chi connectivity index (χ3n) is 3.59. The van der Waals surface area contributed by atoms with Crippen LogP contribution in [0, 0.1) is 11.3 Å². The summed E-state index contributed by atoms with van der Waals surface area (Å²) in [5.74, 6) is 0.546. The first-order valence-corrected chi connectivity index (χ1v) is 6.18. The lowest BCUT2D eigenvalue weighted by atomic mass is 10.00. The highest BCUT2D eigenvalue weighted by molar-refractivity contribution is 5.78. The number of hydrogen-bond acceptors (Lipinski definition) is 4. The topological polar surface area (TPSA) is 52.8 Å². The quantitative estimate of drug-likeness (QED) is 0.716. The Hall–Kier alpha value is -2.67. The molecule has 2 atom stereocenters. The summed E-state index contributed by atoms with van der Waals surface area (Å²) in [6.45, 7) is 0. The van der Waals surface area contributed by atoms with Gasteiger partial charge in [0.25, 0.3) is 0 Å². The lowest BCUT2D eigenvalue weighted by molar-refractivity contribution is 0.741. The fourth-order valence-electron chi connectivity index (χ4n) is 2.70. The molecule has 0 spiro atoms. The van der Waals surface area contributed by atoms with E-state index in [1.165, 1.54) is 0 Å². The Morgan fingerprint density at radius 1 is 1.11 bits per heavy atom. The van der Waals surface area contributed by atoms with Crippen LogP contribution < -0.4 is 4.90 Å². The van der Waals surface area contributed by atoms with E-state index in [0.29, 0.717) is 0 Å². The van der Waals surface area contributed by atoms with Gasteiger partial charge in [0.15, 0.2) is 5.82 Å². The van der Waals surface area contributed by atoms with Crippen molar-refractivity contribution in [3.63, 3.8) is 0 Å². The van der Waals surface area contributed by atoms with Crippen molar-refractivity contribution >= 4 is 16.9 Å². The average molecular weight is 246 g/mol. The SMILES string of the molecule is N#CC1c2nc3ccccc3nc2N2C=CC=CC12. The van der Waals surface area contributed by atoms with Gasteiger partial charge in [0, 0.05) is 6.20 Å². The Labute approximate surface area is 110 Å². The third kappa shape index (κ3) is 1.33. The van der Waals surface area contributed by atoms with Crippen molar-refractivity contribution in [2.24, 2.45) is 0 Å². The highest BCUT2D eigenvalue weighted by atomic mass is 15.2. The highest BCUT2D eigenvalue weighted by Crippen LogP contribution is 2.40. The molecule has 2 aromatic rings. The summed E-state index contributed by atoms with van der Waals surface area (Å²) in [6.07, 6.45) is 7.92. The summed E-state index contributed by atoms with van der Waals surface area (Å²) in [7, 11) is 0. The summed E-state index contributed by atoms with van der Waals surface area (Å²) in [5.41, 5.74) is 2.48. The molecule has 0 bridgehead atoms. The van der Waals surface area contributed by atoms with Crippen molar-refractivity contribution in [1.29, 1.82) is 5.26 Å². The molecule has 1 aromatic heterocycles. The molecule has 4 nitrogen and oxygen atoms in total. The predicted molar refractivity (Wildman–Crippen MR) is 72.4 cm³/mol. The van der Waals surface area contributed by atoms with Gasteiger partial charge in [-0.25, -0.2) is 9.97 Å². The Morgan fingerprint density at radius 2 is 1.89 bits per heavy atom. The Balaban J connectivity index is 2.01. The first-order chi connectivity index (χ1) is 9.38. The molecule has 19 heavy (non-hydrogen) atoms. The van der Waals surface area contributed by atoms with Crippen LogP contribution in [-0.4, -0.2) is 16.0 Å². The summed E-state index contributed by atoms with van der Waals surface area (Å²) in [6, 6.07) is 10.1. The molecule has 0 radical (unpaired) electrons. The van der Waals surface area contributed by atoms with E-state index in [2.05, 4.69) is 16.0 Å². The average Bonchev–Trinajstić information content (AvgIpc) is 2.78. The van der Waals surface area contributed by atoms with Crippen LogP contribution in [0.15, 0.2) is 48.7 Å². The first-order valence-electron chi connectivity index (χ1n) is 6.18. The zero-order valence-corrected chi connectivity index (χ0v) is 10.1. The van der Waals surface area contributed by atoms with Gasteiger partial charge in [0.05, 0.1) is 23.1 Å². The number of nitriles is 1. The van der Waals surface area contributed by atoms with E-state index in [1.54, 1.807) is 0 Å². The minimum atomic E-state index is -0.256. The maximum atomic E-state index is 9.42. The lowest BCUT2D eigenvalue weighted by Gasteiger charge is -2.22. The normalized spacial score (nSPS) is 23.2. The zero-order valence-electron chi connectivity index (χ0n) is 10.1. The summed E-state index contributed by atoms with van der Waals surface area (Å²) >= 11 is 0. The maximum absolute atomic E-state index is 9.42. The van der Waals surface area contributed by atoms with Crippen molar-refractivity contribution in [3.8, 4) is 6.07 Å². The van der Waals surface area contributed by atoms with E-state index in [9.17, 15) is 5.26 Å². The maximum Gasteiger partial charge on any atom is 0.157 e. The molecule has 2 aliphatic heterocycles. The standard InChI is InChI=1S/C15H10N4/c16-9-10-13-7-3-4-8-19(13)15-14(10)17-11-5-1-2-6-12(11)18-15/h1-8,10,13H. The van der Waals surface area contributed by atoms with Crippen LogP contribution in [0.3, 0.4) is 0 Å². The minimum absolute atomic E-state index is 0.0156. The molecule has 0 amide bonds. The molecule has 4 rings (SSSR count). The second-order valence-electron chi connectivity index (χ2n) is 4.65. The van der Waals surface area contributed by atoms with Crippen molar-refractivity contribution in [3.05, 3.63) is 54.4 Å². The number of hydrogen-bond donors (Lipinski definition) is 0. The third-order valence-corrected chi connectivity index (χ3v) is 3.59. The molecule has 0 N–H and O–H groups in total. The van der Waals surface area contributed by atoms with Crippen LogP contribution in [0.5, 0.6) is 0 Å². The number of nitrogens with zero attached hydrogens (tertiary/aromatic N) is 4. The second-order valence-corrected chi connectivity index (χ2v) is 4.65. The summed E-state index contributed by atoms with van der Waals surface area (Å²) in [4.78, 5) is 11.3. The van der Waals surface area contributed by atoms with Crippen LogP contribution in [0.1, 0.15) is 11.6 Å². The largest absolute Gasteiger partial charge is 0.323 e. The van der Waals surface area contributed by atoms with Crippen LogP contribution in [-0.2, 0) is 0 Å². The predicted octanol–water partition coefficient (Wildman–Crippen LogP) is 2.51. The summed E-state index contributed by atoms with van der Waals surface area (Å²) < 4.78 is 0. The van der Waals surface area contributed by atoms with Gasteiger partial charge >= 0.3 is 0 Å². The second kappa shape index (κ2) is 3.66. The van der Waals surface area contributed by atoms with E-state index in [0.717, 1.165) is 22.5 Å². The number of anilines is 1. The van der Waals surface area contributed by atoms with Crippen LogP contribution in [0.4, 0.5) is 5.82 Å². The molecule has 2 aliphatic rings. The van der Waals surface area contributed by atoms with Crippen LogP contribution >= 0.6 is 0 Å². The van der Waals surface area contributed by atoms with Gasteiger partial charge in [-0.15, -0.1) is 0 Å². The van der Waals surface area contributed by atoms with E-state index in [1.807, 2.05) is 53.6 Å². The number of para-hydroxylation sites is 2. The number of fused-ring (bicyclic) bond motifs is 4. The highest BCUT2D eigenvalue weighted by Gasteiger charge is 2.39. The van der Waals surface area contributed by atoms with Gasteiger partial charge in [0.1, 0.15) is 11.6 Å². The number of aromatic nitrogens is 2. The fraction of sp³-hybridized carbons (Fsp3) is 0.133. The van der Waals surface area contributed by atoms with Crippen molar-refractivity contribution in [2.75, 3.05) is 4.90 Å². The Morgan fingerprint density at radius 3 is 2.68 bits per heavy atom. The number of allylic oxidation sites excluding steroid dienone is 2. The van der Waals surface area contributed by atoms with E-state index in [4.69, 9.17) is 0 Å². The van der Waals surface area contributed by atoms with Crippen molar-refractivity contribution < 1.29 is 0 Å². The van der Waals surface area contributed by atoms with Crippen molar-refractivity contribution in [1.82, 2.24) is 9.97 Å². The molecular formula is C15H10N4. The molecule has 3 heterocycles. The molecule has 2 unspecified atom stereocenters. The van der Waals surface area contributed by atoms with Gasteiger partial charge in [-0.05, 0) is 18.2 Å². The molecule has 0 fully saturated rings. The van der Waals surface area contributed by atoms with Crippen LogP contribution in [0.25, 0.3) is 11.0 Å². The molecule has 4 heteroatoms. The molecule has 0 saturated carbocycles. The molecule has 0 saturated heterocycles. The molecular weight excluding hydrogens is 236 g/mol. The van der Waals surface area contributed by atoms with E-state index >= 15 is 0 Å². The summed E-state index contributed by atoms with van der Waals surface area (Å²) in [5, 5.41) is 9.42. The first kappa shape index (κ1) is 10.3. The Bertz CT molecular complexity index is 769.